The van der Waals surface area contributed by atoms with Crippen molar-refractivity contribution in [3.63, 3.8) is 0 Å². The lowest BCUT2D eigenvalue weighted by molar-refractivity contribution is -0.124. The van der Waals surface area contributed by atoms with Gasteiger partial charge in [0.15, 0.2) is 0 Å². The summed E-state index contributed by atoms with van der Waals surface area (Å²) in [5.74, 6) is -0.835. The van der Waals surface area contributed by atoms with E-state index in [1.807, 2.05) is 60.7 Å². The Labute approximate surface area is 187 Å². The van der Waals surface area contributed by atoms with Crippen LogP contribution in [-0.4, -0.2) is 45.9 Å². The average Bonchev–Trinajstić information content (AvgIpc) is 2.82. The molecule has 0 bridgehead atoms. The molecule has 0 aliphatic carbocycles. The number of benzene rings is 2. The largest absolute Gasteiger partial charge is 0.357 e. The van der Waals surface area contributed by atoms with Crippen molar-refractivity contribution in [3.8, 4) is 0 Å². The molecule has 166 valence electrons. The fourth-order valence-electron chi connectivity index (χ4n) is 3.74. The minimum Gasteiger partial charge on any atom is -0.357 e. The number of rotatable bonds is 7. The minimum atomic E-state index is -0.734. The van der Waals surface area contributed by atoms with Crippen molar-refractivity contribution in [2.24, 2.45) is 7.05 Å². The summed E-state index contributed by atoms with van der Waals surface area (Å²) >= 11 is 0. The molecule has 0 saturated carbocycles. The van der Waals surface area contributed by atoms with Gasteiger partial charge in [-0.3, -0.25) is 14.4 Å². The maximum atomic E-state index is 13.6. The zero-order valence-corrected chi connectivity index (χ0v) is 18.8. The highest BCUT2D eigenvalue weighted by atomic mass is 16.2. The molecular weight excluding hydrogens is 404 g/mol. The van der Waals surface area contributed by atoms with Crippen molar-refractivity contribution in [2.45, 2.75) is 25.8 Å². The van der Waals surface area contributed by atoms with Gasteiger partial charge in [-0.1, -0.05) is 60.7 Å². The van der Waals surface area contributed by atoms with Gasteiger partial charge in [-0.25, -0.2) is 4.98 Å². The third kappa shape index (κ3) is 4.94. The van der Waals surface area contributed by atoms with Crippen molar-refractivity contribution in [1.82, 2.24) is 19.8 Å². The first-order chi connectivity index (χ1) is 15.3. The quantitative estimate of drug-likeness (QED) is 0.622. The number of hydrogen-bond acceptors (Lipinski definition) is 4. The molecule has 7 nitrogen and oxygen atoms in total. The Bertz CT molecular complexity index is 1080. The number of carbonyl (C=O) groups is 2. The van der Waals surface area contributed by atoms with Crippen LogP contribution in [0, 0.1) is 6.92 Å². The Balaban J connectivity index is 2.07. The fourth-order valence-corrected chi connectivity index (χ4v) is 3.74. The SMILES string of the molecule is CNC(=O)C(C)N(CC(c1ccccc1)c1ccccc1)C(=O)c1cn(C)c(=O)c(C)n1. The van der Waals surface area contributed by atoms with E-state index in [1.54, 1.807) is 27.9 Å². The van der Waals surface area contributed by atoms with Crippen LogP contribution >= 0.6 is 0 Å². The van der Waals surface area contributed by atoms with Gasteiger partial charge < -0.3 is 14.8 Å². The van der Waals surface area contributed by atoms with Crippen LogP contribution in [0.1, 0.15) is 40.2 Å². The molecular formula is C25H28N4O3. The summed E-state index contributed by atoms with van der Waals surface area (Å²) in [4.78, 5) is 43.9. The number of aromatic nitrogens is 2. The van der Waals surface area contributed by atoms with Crippen LogP contribution in [0.3, 0.4) is 0 Å². The van der Waals surface area contributed by atoms with Gasteiger partial charge in [0, 0.05) is 32.8 Å². The second-order valence-corrected chi connectivity index (χ2v) is 7.75. The highest BCUT2D eigenvalue weighted by molar-refractivity contribution is 5.96. The molecule has 0 fully saturated rings. The Morgan fingerprint density at radius 3 is 2.03 bits per heavy atom. The molecule has 32 heavy (non-hydrogen) atoms. The maximum Gasteiger partial charge on any atom is 0.274 e. The van der Waals surface area contributed by atoms with Gasteiger partial charge in [0.05, 0.1) is 0 Å². The van der Waals surface area contributed by atoms with Crippen molar-refractivity contribution >= 4 is 11.8 Å². The van der Waals surface area contributed by atoms with Crippen LogP contribution in [0.25, 0.3) is 0 Å². The van der Waals surface area contributed by atoms with Gasteiger partial charge in [-0.05, 0) is 25.0 Å². The van der Waals surface area contributed by atoms with Gasteiger partial charge in [-0.15, -0.1) is 0 Å². The van der Waals surface area contributed by atoms with Crippen molar-refractivity contribution in [3.05, 3.63) is 99.7 Å². The van der Waals surface area contributed by atoms with Crippen LogP contribution in [0.15, 0.2) is 71.7 Å². The van der Waals surface area contributed by atoms with Gasteiger partial charge in [0.1, 0.15) is 17.4 Å². The monoisotopic (exact) mass is 432 g/mol. The lowest BCUT2D eigenvalue weighted by atomic mass is 9.90. The van der Waals surface area contributed by atoms with Crippen LogP contribution in [0.2, 0.25) is 0 Å². The lowest BCUT2D eigenvalue weighted by Gasteiger charge is -2.32. The van der Waals surface area contributed by atoms with Crippen LogP contribution in [0.4, 0.5) is 0 Å². The molecule has 1 atom stereocenters. The normalized spacial score (nSPS) is 11.8. The number of nitrogens with zero attached hydrogens (tertiary/aromatic N) is 3. The van der Waals surface area contributed by atoms with E-state index >= 15 is 0 Å². The predicted octanol–water partition coefficient (Wildman–Crippen LogP) is 2.50. The van der Waals surface area contributed by atoms with Gasteiger partial charge in [0.25, 0.3) is 11.5 Å². The zero-order chi connectivity index (χ0) is 23.3. The summed E-state index contributed by atoms with van der Waals surface area (Å²) in [5.41, 5.74) is 2.16. The van der Waals surface area contributed by atoms with Crippen molar-refractivity contribution in [2.75, 3.05) is 13.6 Å². The van der Waals surface area contributed by atoms with E-state index < -0.39 is 11.9 Å². The number of carbonyl (C=O) groups excluding carboxylic acids is 2. The first-order valence-electron chi connectivity index (χ1n) is 10.5. The standard InChI is InChI=1S/C25H28N4O3/c1-17-24(31)28(4)16-22(27-17)25(32)29(18(2)23(30)26-3)15-21(19-11-7-5-8-12-19)20-13-9-6-10-14-20/h5-14,16,18,21H,15H2,1-4H3,(H,26,30). The Kier molecular flexibility index (Phi) is 7.20. The fraction of sp³-hybridized carbons (Fsp3) is 0.280. The average molecular weight is 433 g/mol. The van der Waals surface area contributed by atoms with E-state index in [9.17, 15) is 14.4 Å². The number of hydrogen-bond donors (Lipinski definition) is 1. The highest BCUT2D eigenvalue weighted by Crippen LogP contribution is 2.27. The van der Waals surface area contributed by atoms with Crippen LogP contribution in [-0.2, 0) is 11.8 Å². The predicted molar refractivity (Wildman–Crippen MR) is 124 cm³/mol. The van der Waals surface area contributed by atoms with Crippen molar-refractivity contribution < 1.29 is 9.59 Å². The van der Waals surface area contributed by atoms with E-state index in [4.69, 9.17) is 0 Å². The number of aryl methyl sites for hydroxylation is 2. The number of nitrogens with one attached hydrogen (secondary N) is 1. The van der Waals surface area contributed by atoms with E-state index in [2.05, 4.69) is 10.3 Å². The second-order valence-electron chi connectivity index (χ2n) is 7.75. The molecule has 0 aliphatic rings. The summed E-state index contributed by atoms with van der Waals surface area (Å²) in [6.07, 6.45) is 1.42. The summed E-state index contributed by atoms with van der Waals surface area (Å²) in [7, 11) is 3.12. The maximum absolute atomic E-state index is 13.6. The first-order valence-corrected chi connectivity index (χ1v) is 10.5. The second kappa shape index (κ2) is 10.0. The Morgan fingerprint density at radius 1 is 1.03 bits per heavy atom. The molecule has 1 aromatic heterocycles. The topological polar surface area (TPSA) is 84.3 Å². The molecule has 0 saturated heterocycles. The summed E-state index contributed by atoms with van der Waals surface area (Å²) < 4.78 is 1.34. The third-order valence-corrected chi connectivity index (χ3v) is 5.59. The summed E-state index contributed by atoms with van der Waals surface area (Å²) in [5, 5.41) is 2.63. The molecule has 1 heterocycles. The Hall–Kier alpha value is -3.74. The molecule has 0 radical (unpaired) electrons. The molecule has 0 spiro atoms. The number of likely N-dealkylation sites (N-methyl/N-ethyl adjacent to an activating group) is 1. The van der Waals surface area contributed by atoms with E-state index in [0.717, 1.165) is 11.1 Å². The van der Waals surface area contributed by atoms with Gasteiger partial charge in [0.2, 0.25) is 5.91 Å². The van der Waals surface area contributed by atoms with E-state index in [0.29, 0.717) is 0 Å². The molecule has 1 N–H and O–H groups in total. The first kappa shape index (κ1) is 22.9. The molecule has 3 aromatic rings. The molecule has 2 amide bonds. The Morgan fingerprint density at radius 2 is 1.56 bits per heavy atom. The molecule has 1 unspecified atom stereocenters. The van der Waals surface area contributed by atoms with Crippen LogP contribution < -0.4 is 10.9 Å². The smallest absolute Gasteiger partial charge is 0.274 e. The summed E-state index contributed by atoms with van der Waals surface area (Å²) in [6.45, 7) is 3.53. The third-order valence-electron chi connectivity index (χ3n) is 5.59. The van der Waals surface area contributed by atoms with E-state index in [-0.39, 0.29) is 35.3 Å². The van der Waals surface area contributed by atoms with Gasteiger partial charge in [-0.2, -0.15) is 0 Å². The summed E-state index contributed by atoms with van der Waals surface area (Å²) in [6, 6.07) is 19.0. The molecule has 2 aromatic carbocycles. The highest BCUT2D eigenvalue weighted by Gasteiger charge is 2.31. The molecule has 3 rings (SSSR count). The van der Waals surface area contributed by atoms with Gasteiger partial charge >= 0.3 is 0 Å². The molecule has 7 heteroatoms. The minimum absolute atomic E-state index is 0.125. The van der Waals surface area contributed by atoms with E-state index in [1.165, 1.54) is 15.7 Å². The number of amides is 2. The van der Waals surface area contributed by atoms with Crippen molar-refractivity contribution in [1.29, 1.82) is 0 Å². The zero-order valence-electron chi connectivity index (χ0n) is 18.8. The lowest BCUT2D eigenvalue weighted by Crippen LogP contribution is -2.49. The molecule has 0 aliphatic heterocycles. The van der Waals surface area contributed by atoms with Crippen LogP contribution in [0.5, 0.6) is 0 Å².